The minimum Gasteiger partial charge on any atom is -0.350 e. The molecule has 0 bridgehead atoms. The summed E-state index contributed by atoms with van der Waals surface area (Å²) in [5.74, 6) is 0.954. The van der Waals surface area contributed by atoms with Gasteiger partial charge in [-0.1, -0.05) is 42.5 Å². The molecule has 7 heteroatoms. The molecule has 6 rings (SSSR count). The summed E-state index contributed by atoms with van der Waals surface area (Å²) in [6.45, 7) is 1.09. The number of aryl methyl sites for hydroxylation is 3. The van der Waals surface area contributed by atoms with Gasteiger partial charge < -0.3 is 9.88 Å². The van der Waals surface area contributed by atoms with Crippen molar-refractivity contribution in [3.63, 3.8) is 0 Å². The highest BCUT2D eigenvalue weighted by Gasteiger charge is 2.27. The van der Waals surface area contributed by atoms with Crippen LogP contribution >= 0.6 is 0 Å². The van der Waals surface area contributed by atoms with Crippen LogP contribution < -0.4 is 10.2 Å². The number of carbonyl (C=O) groups is 2. The zero-order valence-corrected chi connectivity index (χ0v) is 20.6. The molecule has 0 saturated heterocycles. The molecule has 1 N–H and O–H groups in total. The van der Waals surface area contributed by atoms with Crippen LogP contribution in [0.3, 0.4) is 0 Å². The SMILES string of the molecule is Cn1cc(-c2cc3n(n2)CCC(=O)N3CCCC(=O)NC2CCCc3ccccc32)c2ccccc21. The minimum absolute atomic E-state index is 0.0473. The van der Waals surface area contributed by atoms with E-state index in [1.165, 1.54) is 11.1 Å². The summed E-state index contributed by atoms with van der Waals surface area (Å²) in [5, 5.41) is 9.21. The molecule has 184 valence electrons. The van der Waals surface area contributed by atoms with Crippen LogP contribution in [0.5, 0.6) is 0 Å². The van der Waals surface area contributed by atoms with Crippen molar-refractivity contribution in [1.29, 1.82) is 0 Å². The summed E-state index contributed by atoms with van der Waals surface area (Å²) in [6.07, 6.45) is 6.67. The van der Waals surface area contributed by atoms with Gasteiger partial charge >= 0.3 is 0 Å². The highest BCUT2D eigenvalue weighted by molar-refractivity contribution is 5.98. The molecular formula is C29H31N5O2. The lowest BCUT2D eigenvalue weighted by Crippen LogP contribution is -2.38. The van der Waals surface area contributed by atoms with E-state index in [0.29, 0.717) is 32.4 Å². The molecule has 36 heavy (non-hydrogen) atoms. The van der Waals surface area contributed by atoms with Crippen LogP contribution in [-0.4, -0.2) is 32.7 Å². The molecule has 2 aromatic heterocycles. The summed E-state index contributed by atoms with van der Waals surface area (Å²) >= 11 is 0. The Kier molecular flexibility index (Phi) is 5.83. The average molecular weight is 482 g/mol. The summed E-state index contributed by atoms with van der Waals surface area (Å²) in [7, 11) is 2.04. The Morgan fingerprint density at radius 3 is 2.86 bits per heavy atom. The number of hydrogen-bond donors (Lipinski definition) is 1. The third-order valence-electron chi connectivity index (χ3n) is 7.54. The van der Waals surface area contributed by atoms with Gasteiger partial charge in [0.1, 0.15) is 5.82 Å². The molecule has 7 nitrogen and oxygen atoms in total. The Balaban J connectivity index is 1.14. The first kappa shape index (κ1) is 22.6. The molecule has 2 aromatic carbocycles. The van der Waals surface area contributed by atoms with Crippen LogP contribution in [0.2, 0.25) is 0 Å². The van der Waals surface area contributed by atoms with Gasteiger partial charge in [0.25, 0.3) is 0 Å². The van der Waals surface area contributed by atoms with Crippen LogP contribution in [0.15, 0.2) is 60.8 Å². The molecule has 3 heterocycles. The Morgan fingerprint density at radius 2 is 1.94 bits per heavy atom. The molecule has 0 spiro atoms. The number of rotatable bonds is 6. The normalized spacial score (nSPS) is 17.2. The quantitative estimate of drug-likeness (QED) is 0.432. The number of amides is 2. The second-order valence-electron chi connectivity index (χ2n) is 9.89. The van der Waals surface area contributed by atoms with E-state index in [1.54, 1.807) is 4.90 Å². The summed E-state index contributed by atoms with van der Waals surface area (Å²) < 4.78 is 4.03. The second-order valence-corrected chi connectivity index (χ2v) is 9.89. The first-order valence-corrected chi connectivity index (χ1v) is 12.9. The van der Waals surface area contributed by atoms with Gasteiger partial charge in [-0.05, 0) is 42.9 Å². The number of benzene rings is 2. The molecule has 1 atom stereocenters. The lowest BCUT2D eigenvalue weighted by atomic mass is 9.87. The van der Waals surface area contributed by atoms with E-state index in [0.717, 1.165) is 47.2 Å². The standard InChI is InChI=1S/C29H31N5O2/c1-32-19-23(22-11-4-5-13-26(22)32)25-18-28-33(29(36)15-17-34(28)31-25)16-7-14-27(35)30-24-12-6-9-20-8-2-3-10-21(20)24/h2-5,8,10-11,13,18-19,24H,6-7,9,12,14-17H2,1H3,(H,30,35). The van der Waals surface area contributed by atoms with E-state index in [9.17, 15) is 9.59 Å². The van der Waals surface area contributed by atoms with Gasteiger partial charge in [0.05, 0.1) is 18.3 Å². The van der Waals surface area contributed by atoms with Gasteiger partial charge in [-0.15, -0.1) is 0 Å². The molecule has 1 aliphatic carbocycles. The van der Waals surface area contributed by atoms with Crippen molar-refractivity contribution in [3.8, 4) is 11.3 Å². The maximum atomic E-state index is 12.8. The van der Waals surface area contributed by atoms with Gasteiger partial charge in [0.2, 0.25) is 11.8 Å². The van der Waals surface area contributed by atoms with Crippen LogP contribution in [0.1, 0.15) is 49.3 Å². The zero-order valence-electron chi connectivity index (χ0n) is 20.6. The van der Waals surface area contributed by atoms with Gasteiger partial charge in [0, 0.05) is 55.2 Å². The number of fused-ring (bicyclic) bond motifs is 3. The average Bonchev–Trinajstić information content (AvgIpc) is 3.47. The summed E-state index contributed by atoms with van der Waals surface area (Å²) in [5.41, 5.74) is 5.67. The number of carbonyl (C=O) groups excluding carboxylic acids is 2. The number of hydrogen-bond acceptors (Lipinski definition) is 3. The lowest BCUT2D eigenvalue weighted by Gasteiger charge is -2.28. The van der Waals surface area contributed by atoms with Crippen molar-refractivity contribution >= 4 is 28.5 Å². The molecule has 4 aromatic rings. The van der Waals surface area contributed by atoms with Gasteiger partial charge in [-0.25, -0.2) is 4.68 Å². The van der Waals surface area contributed by atoms with Gasteiger partial charge in [-0.3, -0.25) is 14.5 Å². The van der Waals surface area contributed by atoms with Crippen LogP contribution in [0.25, 0.3) is 22.2 Å². The van der Waals surface area contributed by atoms with E-state index in [2.05, 4.69) is 46.4 Å². The molecule has 2 aliphatic rings. The fourth-order valence-electron chi connectivity index (χ4n) is 5.74. The van der Waals surface area contributed by atoms with Crippen molar-refractivity contribution in [2.75, 3.05) is 11.4 Å². The molecule has 0 fully saturated rings. The first-order chi connectivity index (χ1) is 17.6. The van der Waals surface area contributed by atoms with Gasteiger partial charge in [0.15, 0.2) is 0 Å². The summed E-state index contributed by atoms with van der Waals surface area (Å²) in [4.78, 5) is 27.4. The highest BCUT2D eigenvalue weighted by atomic mass is 16.2. The van der Waals surface area contributed by atoms with E-state index < -0.39 is 0 Å². The fourth-order valence-corrected chi connectivity index (χ4v) is 5.74. The van der Waals surface area contributed by atoms with Crippen LogP contribution in [-0.2, 0) is 29.6 Å². The predicted molar refractivity (Wildman–Crippen MR) is 141 cm³/mol. The van der Waals surface area contributed by atoms with Crippen LogP contribution in [0, 0.1) is 0 Å². The van der Waals surface area contributed by atoms with Crippen molar-refractivity contribution in [3.05, 3.63) is 71.9 Å². The molecule has 0 radical (unpaired) electrons. The second kappa shape index (κ2) is 9.30. The Hall–Kier alpha value is -3.87. The third-order valence-corrected chi connectivity index (χ3v) is 7.54. The molecule has 0 saturated carbocycles. The smallest absolute Gasteiger partial charge is 0.229 e. The number of para-hydroxylation sites is 1. The molecular weight excluding hydrogens is 450 g/mol. The monoisotopic (exact) mass is 481 g/mol. The maximum Gasteiger partial charge on any atom is 0.229 e. The number of anilines is 1. The van der Waals surface area contributed by atoms with Crippen molar-refractivity contribution < 1.29 is 9.59 Å². The maximum absolute atomic E-state index is 12.8. The van der Waals surface area contributed by atoms with Gasteiger partial charge in [-0.2, -0.15) is 5.10 Å². The fraction of sp³-hybridized carbons (Fsp3) is 0.345. The minimum atomic E-state index is 0.0473. The lowest BCUT2D eigenvalue weighted by molar-refractivity contribution is -0.122. The number of aromatic nitrogens is 3. The Morgan fingerprint density at radius 1 is 1.11 bits per heavy atom. The zero-order chi connectivity index (χ0) is 24.6. The largest absolute Gasteiger partial charge is 0.350 e. The van der Waals surface area contributed by atoms with Crippen molar-refractivity contribution in [1.82, 2.24) is 19.7 Å². The van der Waals surface area contributed by atoms with E-state index in [4.69, 9.17) is 5.10 Å². The van der Waals surface area contributed by atoms with E-state index in [1.807, 2.05) is 36.0 Å². The van der Waals surface area contributed by atoms with Crippen molar-refractivity contribution in [2.24, 2.45) is 7.05 Å². The Bertz CT molecular complexity index is 1450. The molecule has 1 unspecified atom stereocenters. The number of nitrogens with zero attached hydrogens (tertiary/aromatic N) is 4. The van der Waals surface area contributed by atoms with Crippen molar-refractivity contribution in [2.45, 2.75) is 51.1 Å². The van der Waals surface area contributed by atoms with E-state index in [-0.39, 0.29) is 17.9 Å². The third kappa shape index (κ3) is 4.08. The van der Waals surface area contributed by atoms with Crippen LogP contribution in [0.4, 0.5) is 5.82 Å². The summed E-state index contributed by atoms with van der Waals surface area (Å²) in [6, 6.07) is 18.8. The first-order valence-electron chi connectivity index (χ1n) is 12.9. The highest BCUT2D eigenvalue weighted by Crippen LogP contribution is 2.34. The predicted octanol–water partition coefficient (Wildman–Crippen LogP) is 4.75. The topological polar surface area (TPSA) is 72.2 Å². The number of nitrogens with one attached hydrogen (secondary N) is 1. The Labute approximate surface area is 210 Å². The molecule has 2 amide bonds. The molecule has 1 aliphatic heterocycles. The van der Waals surface area contributed by atoms with E-state index >= 15 is 0 Å².